The largest absolute Gasteiger partial charge is 0.468 e. The normalized spacial score (nSPS) is 13.5. The lowest BCUT2D eigenvalue weighted by atomic mass is 9.88. The van der Waals surface area contributed by atoms with Crippen molar-refractivity contribution in [2.75, 3.05) is 7.11 Å². The minimum absolute atomic E-state index is 0.0631. The third-order valence-corrected chi connectivity index (χ3v) is 2.56. The maximum atomic E-state index is 11.3. The number of aryl methyl sites for hydroxylation is 1. The quantitative estimate of drug-likeness (QED) is 0.791. The number of nitrogens with two attached hydrogens (primary N) is 1. The average Bonchev–Trinajstić information content (AvgIpc) is 2.57. The third-order valence-electron chi connectivity index (χ3n) is 2.56. The van der Waals surface area contributed by atoms with Crippen molar-refractivity contribution in [3.05, 3.63) is 17.5 Å². The van der Waals surface area contributed by atoms with E-state index in [2.05, 4.69) is 30.6 Å². The number of carbonyl (C=O) groups is 1. The molecule has 0 saturated heterocycles. The number of aromatic nitrogens is 2. The van der Waals surface area contributed by atoms with E-state index < -0.39 is 12.0 Å². The van der Waals surface area contributed by atoms with Crippen LogP contribution in [-0.2, 0) is 28.4 Å². The van der Waals surface area contributed by atoms with Gasteiger partial charge in [0.25, 0.3) is 0 Å². The van der Waals surface area contributed by atoms with E-state index in [0.717, 1.165) is 11.3 Å². The molecule has 17 heavy (non-hydrogen) atoms. The lowest BCUT2D eigenvalue weighted by molar-refractivity contribution is -0.142. The smallest absolute Gasteiger partial charge is 0.322 e. The summed E-state index contributed by atoms with van der Waals surface area (Å²) in [6.45, 7) is 6.26. The van der Waals surface area contributed by atoms with Crippen LogP contribution in [0.25, 0.3) is 0 Å². The van der Waals surface area contributed by atoms with Gasteiger partial charge in [-0.05, 0) is 5.56 Å². The van der Waals surface area contributed by atoms with Crippen molar-refractivity contribution < 1.29 is 9.53 Å². The molecule has 0 amide bonds. The molecule has 1 unspecified atom stereocenters. The number of rotatable bonds is 3. The van der Waals surface area contributed by atoms with E-state index in [1.807, 2.05) is 13.2 Å². The van der Waals surface area contributed by atoms with Gasteiger partial charge in [0.2, 0.25) is 0 Å². The standard InChI is InChI=1S/C12H21N3O2/c1-12(2,3)10-8(7-15(4)14-10)6-9(13)11(16)17-5/h7,9H,6,13H2,1-5H3. The molecule has 0 bridgehead atoms. The highest BCUT2D eigenvalue weighted by Crippen LogP contribution is 2.24. The fourth-order valence-electron chi connectivity index (χ4n) is 1.79. The Morgan fingerprint density at radius 1 is 1.59 bits per heavy atom. The van der Waals surface area contributed by atoms with Crippen molar-refractivity contribution in [1.29, 1.82) is 0 Å². The van der Waals surface area contributed by atoms with Crippen LogP contribution in [0.1, 0.15) is 32.0 Å². The van der Waals surface area contributed by atoms with Gasteiger partial charge in [0, 0.05) is 25.1 Å². The van der Waals surface area contributed by atoms with Crippen LogP contribution in [0.2, 0.25) is 0 Å². The number of hydrogen-bond acceptors (Lipinski definition) is 4. The summed E-state index contributed by atoms with van der Waals surface area (Å²) >= 11 is 0. The summed E-state index contributed by atoms with van der Waals surface area (Å²) < 4.78 is 6.38. The van der Waals surface area contributed by atoms with Gasteiger partial charge < -0.3 is 10.5 Å². The molecule has 0 spiro atoms. The second kappa shape index (κ2) is 4.87. The monoisotopic (exact) mass is 239 g/mol. The highest BCUT2D eigenvalue weighted by atomic mass is 16.5. The van der Waals surface area contributed by atoms with E-state index in [1.165, 1.54) is 7.11 Å². The fraction of sp³-hybridized carbons (Fsp3) is 0.667. The SMILES string of the molecule is COC(=O)C(N)Cc1cn(C)nc1C(C)(C)C. The van der Waals surface area contributed by atoms with Crippen molar-refractivity contribution in [2.24, 2.45) is 12.8 Å². The Morgan fingerprint density at radius 2 is 2.18 bits per heavy atom. The van der Waals surface area contributed by atoms with E-state index in [1.54, 1.807) is 4.68 Å². The number of ether oxygens (including phenoxy) is 1. The summed E-state index contributed by atoms with van der Waals surface area (Å²) in [7, 11) is 3.21. The van der Waals surface area contributed by atoms with Crippen LogP contribution in [0.5, 0.6) is 0 Å². The molecule has 1 heterocycles. The zero-order valence-electron chi connectivity index (χ0n) is 11.2. The molecule has 1 aromatic heterocycles. The molecule has 0 aromatic carbocycles. The van der Waals surface area contributed by atoms with Crippen molar-refractivity contribution >= 4 is 5.97 Å². The average molecular weight is 239 g/mol. The van der Waals surface area contributed by atoms with Gasteiger partial charge in [0.05, 0.1) is 12.8 Å². The predicted octanol–water partition coefficient (Wildman–Crippen LogP) is 0.760. The summed E-state index contributed by atoms with van der Waals surface area (Å²) in [4.78, 5) is 11.3. The van der Waals surface area contributed by atoms with Crippen molar-refractivity contribution in [1.82, 2.24) is 9.78 Å². The maximum absolute atomic E-state index is 11.3. The van der Waals surface area contributed by atoms with Gasteiger partial charge in [0.15, 0.2) is 0 Å². The van der Waals surface area contributed by atoms with Crippen LogP contribution in [0.4, 0.5) is 0 Å². The number of carbonyl (C=O) groups excluding carboxylic acids is 1. The molecular weight excluding hydrogens is 218 g/mol. The summed E-state index contributed by atoms with van der Waals surface area (Å²) in [6, 6.07) is -0.634. The molecule has 0 aliphatic rings. The zero-order valence-corrected chi connectivity index (χ0v) is 11.2. The summed E-state index contributed by atoms with van der Waals surface area (Å²) in [5.41, 5.74) is 7.68. The summed E-state index contributed by atoms with van der Waals surface area (Å²) in [5.74, 6) is -0.395. The molecule has 0 fully saturated rings. The highest BCUT2D eigenvalue weighted by Gasteiger charge is 2.24. The van der Waals surface area contributed by atoms with Gasteiger partial charge in [-0.1, -0.05) is 20.8 Å². The van der Waals surface area contributed by atoms with Crippen LogP contribution >= 0.6 is 0 Å². The topological polar surface area (TPSA) is 70.1 Å². The number of nitrogens with zero attached hydrogens (tertiary/aromatic N) is 2. The van der Waals surface area contributed by atoms with Crippen molar-refractivity contribution in [2.45, 2.75) is 38.6 Å². The van der Waals surface area contributed by atoms with Crippen LogP contribution in [0.15, 0.2) is 6.20 Å². The highest BCUT2D eigenvalue weighted by molar-refractivity contribution is 5.75. The molecule has 1 aromatic rings. The van der Waals surface area contributed by atoms with E-state index in [4.69, 9.17) is 5.73 Å². The lowest BCUT2D eigenvalue weighted by Crippen LogP contribution is -2.34. The maximum Gasteiger partial charge on any atom is 0.322 e. The predicted molar refractivity (Wildman–Crippen MR) is 65.6 cm³/mol. The molecule has 5 nitrogen and oxygen atoms in total. The summed E-state index contributed by atoms with van der Waals surface area (Å²) in [6.07, 6.45) is 2.36. The van der Waals surface area contributed by atoms with Gasteiger partial charge in [0.1, 0.15) is 6.04 Å². The Balaban J connectivity index is 2.95. The Bertz CT molecular complexity index is 404. The Kier molecular flexibility index (Phi) is 3.93. The lowest BCUT2D eigenvalue weighted by Gasteiger charge is -2.18. The van der Waals surface area contributed by atoms with Crippen LogP contribution in [0.3, 0.4) is 0 Å². The molecule has 5 heteroatoms. The molecule has 1 rings (SSSR count). The van der Waals surface area contributed by atoms with Gasteiger partial charge in [-0.2, -0.15) is 5.10 Å². The second-order valence-electron chi connectivity index (χ2n) is 5.26. The molecular formula is C12H21N3O2. The molecule has 1 atom stereocenters. The second-order valence-corrected chi connectivity index (χ2v) is 5.26. The van der Waals surface area contributed by atoms with Crippen molar-refractivity contribution in [3.63, 3.8) is 0 Å². The first-order chi connectivity index (χ1) is 7.75. The van der Waals surface area contributed by atoms with Crippen LogP contribution in [-0.4, -0.2) is 28.9 Å². The first-order valence-electron chi connectivity index (χ1n) is 5.62. The van der Waals surface area contributed by atoms with Gasteiger partial charge in [-0.25, -0.2) is 0 Å². The minimum atomic E-state index is -0.634. The third kappa shape index (κ3) is 3.30. The van der Waals surface area contributed by atoms with E-state index in [9.17, 15) is 4.79 Å². The first kappa shape index (κ1) is 13.7. The molecule has 0 saturated carbocycles. The Morgan fingerprint density at radius 3 is 2.65 bits per heavy atom. The molecule has 0 aliphatic carbocycles. The Labute approximate surface area is 102 Å². The number of hydrogen-bond donors (Lipinski definition) is 1. The van der Waals surface area contributed by atoms with E-state index >= 15 is 0 Å². The van der Waals surface area contributed by atoms with E-state index in [-0.39, 0.29) is 5.41 Å². The number of methoxy groups -OCH3 is 1. The first-order valence-corrected chi connectivity index (χ1v) is 5.62. The number of esters is 1. The summed E-state index contributed by atoms with van der Waals surface area (Å²) in [5, 5.41) is 4.43. The van der Waals surface area contributed by atoms with Crippen molar-refractivity contribution in [3.8, 4) is 0 Å². The molecule has 2 N–H and O–H groups in total. The minimum Gasteiger partial charge on any atom is -0.468 e. The van der Waals surface area contributed by atoms with Crippen LogP contribution < -0.4 is 5.73 Å². The molecule has 0 radical (unpaired) electrons. The van der Waals surface area contributed by atoms with E-state index in [0.29, 0.717) is 6.42 Å². The molecule has 96 valence electrons. The Hall–Kier alpha value is -1.36. The van der Waals surface area contributed by atoms with Gasteiger partial charge in [-0.15, -0.1) is 0 Å². The van der Waals surface area contributed by atoms with Gasteiger partial charge >= 0.3 is 5.97 Å². The zero-order chi connectivity index (χ0) is 13.2. The molecule has 0 aliphatic heterocycles. The van der Waals surface area contributed by atoms with Gasteiger partial charge in [-0.3, -0.25) is 9.48 Å². The fourth-order valence-corrected chi connectivity index (χ4v) is 1.79. The van der Waals surface area contributed by atoms with Crippen LogP contribution in [0, 0.1) is 0 Å².